The second kappa shape index (κ2) is 9.56. The molecule has 0 saturated heterocycles. The first-order valence-electron chi connectivity index (χ1n) is 8.50. The lowest BCUT2D eigenvalue weighted by Crippen LogP contribution is -2.34. The number of benzene rings is 2. The van der Waals surface area contributed by atoms with Crippen molar-refractivity contribution >= 4 is 6.03 Å². The third-order valence-corrected chi connectivity index (χ3v) is 3.65. The zero-order valence-corrected chi connectivity index (χ0v) is 15.7. The van der Waals surface area contributed by atoms with Crippen LogP contribution in [0.5, 0.6) is 17.2 Å². The van der Waals surface area contributed by atoms with Crippen LogP contribution >= 0.6 is 0 Å². The molecule has 0 aliphatic carbocycles. The highest BCUT2D eigenvalue weighted by molar-refractivity contribution is 5.73. The smallest absolute Gasteiger partial charge is 0.315 e. The van der Waals surface area contributed by atoms with Gasteiger partial charge in [0.25, 0.3) is 0 Å². The van der Waals surface area contributed by atoms with Crippen LogP contribution in [0.2, 0.25) is 0 Å². The monoisotopic (exact) mass is 358 g/mol. The maximum Gasteiger partial charge on any atom is 0.315 e. The Morgan fingerprint density at radius 2 is 1.46 bits per heavy atom. The Kier molecular flexibility index (Phi) is 7.14. The van der Waals surface area contributed by atoms with Gasteiger partial charge in [-0.2, -0.15) is 0 Å². The van der Waals surface area contributed by atoms with Gasteiger partial charge in [0.1, 0.15) is 5.75 Å². The third kappa shape index (κ3) is 5.88. The number of hydrogen-bond acceptors (Lipinski definition) is 4. The van der Waals surface area contributed by atoms with Crippen LogP contribution in [0.3, 0.4) is 0 Å². The van der Waals surface area contributed by atoms with Gasteiger partial charge in [-0.1, -0.05) is 18.2 Å². The van der Waals surface area contributed by atoms with Crippen LogP contribution in [0.15, 0.2) is 42.5 Å². The average molecular weight is 358 g/mol. The first-order valence-corrected chi connectivity index (χ1v) is 8.50. The summed E-state index contributed by atoms with van der Waals surface area (Å²) in [6.07, 6.45) is 0.140. The molecule has 0 radical (unpaired) electrons. The number of rotatable bonds is 8. The fourth-order valence-electron chi connectivity index (χ4n) is 2.38. The average Bonchev–Trinajstić information content (AvgIpc) is 2.65. The lowest BCUT2D eigenvalue weighted by atomic mass is 10.2. The highest BCUT2D eigenvalue weighted by atomic mass is 16.5. The fourth-order valence-corrected chi connectivity index (χ4v) is 2.38. The number of carbonyl (C=O) groups excluding carboxylic acids is 1. The van der Waals surface area contributed by atoms with Crippen molar-refractivity contribution in [2.75, 3.05) is 14.2 Å². The zero-order chi connectivity index (χ0) is 18.9. The van der Waals surface area contributed by atoms with E-state index in [2.05, 4.69) is 10.6 Å². The minimum atomic E-state index is -0.234. The minimum absolute atomic E-state index is 0.140. The van der Waals surface area contributed by atoms with Gasteiger partial charge in [-0.05, 0) is 49.2 Å². The molecule has 0 bridgehead atoms. The molecule has 0 unspecified atom stereocenters. The van der Waals surface area contributed by atoms with Gasteiger partial charge >= 0.3 is 6.03 Å². The summed E-state index contributed by atoms with van der Waals surface area (Å²) < 4.78 is 16.1. The molecule has 26 heavy (non-hydrogen) atoms. The molecular formula is C20H26N2O4. The Morgan fingerprint density at radius 3 is 2.04 bits per heavy atom. The molecule has 0 heterocycles. The number of amides is 2. The van der Waals surface area contributed by atoms with Gasteiger partial charge < -0.3 is 24.8 Å². The molecule has 6 nitrogen and oxygen atoms in total. The summed E-state index contributed by atoms with van der Waals surface area (Å²) in [5.74, 6) is 2.11. The zero-order valence-electron chi connectivity index (χ0n) is 15.7. The molecular weight excluding hydrogens is 332 g/mol. The molecule has 0 aliphatic rings. The Balaban J connectivity index is 1.80. The summed E-state index contributed by atoms with van der Waals surface area (Å²) in [5.41, 5.74) is 1.93. The maximum atomic E-state index is 12.0. The lowest BCUT2D eigenvalue weighted by Gasteiger charge is -2.12. The van der Waals surface area contributed by atoms with Crippen LogP contribution in [0.4, 0.5) is 4.79 Å². The Hall–Kier alpha value is -2.89. The van der Waals surface area contributed by atoms with E-state index >= 15 is 0 Å². The second-order valence-corrected chi connectivity index (χ2v) is 6.04. The van der Waals surface area contributed by atoms with Crippen molar-refractivity contribution in [3.05, 3.63) is 53.6 Å². The predicted octanol–water partition coefficient (Wildman–Crippen LogP) is 3.49. The number of ether oxygens (including phenoxy) is 3. The second-order valence-electron chi connectivity index (χ2n) is 6.04. The van der Waals surface area contributed by atoms with Crippen molar-refractivity contribution in [2.24, 2.45) is 0 Å². The van der Waals surface area contributed by atoms with Crippen LogP contribution in [0.1, 0.15) is 25.0 Å². The van der Waals surface area contributed by atoms with Crippen molar-refractivity contribution in [1.29, 1.82) is 0 Å². The van der Waals surface area contributed by atoms with Gasteiger partial charge in [-0.15, -0.1) is 0 Å². The molecule has 0 aliphatic heterocycles. The number of nitrogens with one attached hydrogen (secondary N) is 2. The third-order valence-electron chi connectivity index (χ3n) is 3.65. The molecule has 0 spiro atoms. The van der Waals surface area contributed by atoms with Crippen LogP contribution in [0.25, 0.3) is 0 Å². The predicted molar refractivity (Wildman–Crippen MR) is 101 cm³/mol. The molecule has 140 valence electrons. The summed E-state index contributed by atoms with van der Waals surface area (Å²) >= 11 is 0. The van der Waals surface area contributed by atoms with E-state index in [0.29, 0.717) is 24.6 Å². The minimum Gasteiger partial charge on any atom is -0.493 e. The van der Waals surface area contributed by atoms with Crippen LogP contribution in [-0.2, 0) is 13.1 Å². The van der Waals surface area contributed by atoms with Gasteiger partial charge in [-0.3, -0.25) is 0 Å². The van der Waals surface area contributed by atoms with Crippen molar-refractivity contribution < 1.29 is 19.0 Å². The summed E-state index contributed by atoms with van der Waals surface area (Å²) in [5, 5.41) is 5.66. The Bertz CT molecular complexity index is 714. The van der Waals surface area contributed by atoms with E-state index in [4.69, 9.17) is 14.2 Å². The van der Waals surface area contributed by atoms with Gasteiger partial charge in [-0.25, -0.2) is 4.79 Å². The van der Waals surface area contributed by atoms with Crippen LogP contribution in [0, 0.1) is 0 Å². The lowest BCUT2D eigenvalue weighted by molar-refractivity contribution is 0.240. The molecule has 2 N–H and O–H groups in total. The van der Waals surface area contributed by atoms with E-state index in [0.717, 1.165) is 16.9 Å². The molecule has 2 aromatic rings. The van der Waals surface area contributed by atoms with Gasteiger partial charge in [0, 0.05) is 13.1 Å². The molecule has 0 fully saturated rings. The van der Waals surface area contributed by atoms with Crippen molar-refractivity contribution in [2.45, 2.75) is 33.0 Å². The van der Waals surface area contributed by atoms with E-state index < -0.39 is 0 Å². The van der Waals surface area contributed by atoms with Gasteiger partial charge in [0.05, 0.1) is 20.3 Å². The number of carbonyl (C=O) groups is 1. The standard InChI is InChI=1S/C20H26N2O4/c1-14(2)26-17-8-5-15(6-9-17)12-21-20(23)22-13-16-7-10-18(24-3)19(11-16)25-4/h5-11,14H,12-13H2,1-4H3,(H2,21,22,23). The summed E-state index contributed by atoms with van der Waals surface area (Å²) in [6.45, 7) is 4.81. The SMILES string of the molecule is COc1ccc(CNC(=O)NCc2ccc(OC(C)C)cc2)cc1OC. The van der Waals surface area contributed by atoms with Gasteiger partial charge in [0.15, 0.2) is 11.5 Å². The van der Waals surface area contributed by atoms with E-state index in [1.54, 1.807) is 14.2 Å². The summed E-state index contributed by atoms with van der Waals surface area (Å²) in [6, 6.07) is 13.0. The van der Waals surface area contributed by atoms with Crippen LogP contribution in [-0.4, -0.2) is 26.4 Å². The van der Waals surface area contributed by atoms with E-state index in [1.807, 2.05) is 56.3 Å². The van der Waals surface area contributed by atoms with Crippen molar-refractivity contribution in [3.63, 3.8) is 0 Å². The van der Waals surface area contributed by atoms with E-state index in [1.165, 1.54) is 0 Å². The van der Waals surface area contributed by atoms with Crippen molar-refractivity contribution in [1.82, 2.24) is 10.6 Å². The molecule has 6 heteroatoms. The highest BCUT2D eigenvalue weighted by Gasteiger charge is 2.06. The molecule has 0 aromatic heterocycles. The molecule has 0 atom stereocenters. The quantitative estimate of drug-likeness (QED) is 0.758. The first-order chi connectivity index (χ1) is 12.5. The van der Waals surface area contributed by atoms with E-state index in [9.17, 15) is 4.79 Å². The van der Waals surface area contributed by atoms with Crippen LogP contribution < -0.4 is 24.8 Å². The topological polar surface area (TPSA) is 68.8 Å². The molecule has 2 amide bonds. The number of urea groups is 1. The first kappa shape index (κ1) is 19.4. The normalized spacial score (nSPS) is 10.3. The highest BCUT2D eigenvalue weighted by Crippen LogP contribution is 2.27. The maximum absolute atomic E-state index is 12.0. The number of hydrogen-bond donors (Lipinski definition) is 2. The van der Waals surface area contributed by atoms with Gasteiger partial charge in [0.2, 0.25) is 0 Å². The Morgan fingerprint density at radius 1 is 0.885 bits per heavy atom. The molecule has 2 aromatic carbocycles. The molecule has 0 saturated carbocycles. The largest absolute Gasteiger partial charge is 0.493 e. The fraction of sp³-hybridized carbons (Fsp3) is 0.350. The molecule has 2 rings (SSSR count). The summed E-state index contributed by atoms with van der Waals surface area (Å²) in [7, 11) is 3.17. The summed E-state index contributed by atoms with van der Waals surface area (Å²) in [4.78, 5) is 12.0. The number of methoxy groups -OCH3 is 2. The van der Waals surface area contributed by atoms with E-state index in [-0.39, 0.29) is 12.1 Å². The van der Waals surface area contributed by atoms with Crippen molar-refractivity contribution in [3.8, 4) is 17.2 Å². The Labute approximate surface area is 154 Å².